The fraction of sp³-hybridized carbons (Fsp3) is 0.278. The molecular formula is C18H22N4O3. The number of nitrogens with zero attached hydrogens (tertiary/aromatic N) is 3. The van der Waals surface area contributed by atoms with Gasteiger partial charge in [-0.25, -0.2) is 9.97 Å². The van der Waals surface area contributed by atoms with Gasteiger partial charge in [0.15, 0.2) is 0 Å². The van der Waals surface area contributed by atoms with Crippen LogP contribution >= 0.6 is 0 Å². The number of hydrogen-bond acceptors (Lipinski definition) is 6. The van der Waals surface area contributed by atoms with E-state index >= 15 is 0 Å². The zero-order valence-electron chi connectivity index (χ0n) is 14.1. The number of carbonyl (C=O) groups is 1. The number of likely N-dealkylation sites (N-methyl/N-ethyl adjacent to an activating group) is 1. The summed E-state index contributed by atoms with van der Waals surface area (Å²) in [5, 5.41) is 10.1. The Morgan fingerprint density at radius 2 is 2.00 bits per heavy atom. The van der Waals surface area contributed by atoms with Crippen molar-refractivity contribution in [3.05, 3.63) is 54.4 Å². The van der Waals surface area contributed by atoms with E-state index in [2.05, 4.69) is 9.97 Å². The third kappa shape index (κ3) is 6.23. The minimum Gasteiger partial charge on any atom is -0.491 e. The lowest BCUT2D eigenvalue weighted by atomic mass is 10.2. The summed E-state index contributed by atoms with van der Waals surface area (Å²) in [7, 11) is 0. The lowest BCUT2D eigenvalue weighted by molar-refractivity contribution is -0.127. The number of nitrogen functional groups attached to an aromatic ring is 1. The number of aliphatic hydroxyl groups is 1. The van der Waals surface area contributed by atoms with Crippen molar-refractivity contribution in [2.24, 2.45) is 0 Å². The van der Waals surface area contributed by atoms with Gasteiger partial charge < -0.3 is 20.5 Å². The summed E-state index contributed by atoms with van der Waals surface area (Å²) in [6.45, 7) is 2.63. The number of aliphatic hydroxyl groups excluding tert-OH is 1. The molecule has 1 heterocycles. The zero-order chi connectivity index (χ0) is 18.1. The Hall–Kier alpha value is -2.93. The van der Waals surface area contributed by atoms with Gasteiger partial charge in [-0.1, -0.05) is 18.2 Å². The highest BCUT2D eigenvalue weighted by Gasteiger charge is 2.14. The Bertz CT molecular complexity index is 689. The minimum absolute atomic E-state index is 0.114. The van der Waals surface area contributed by atoms with E-state index in [-0.39, 0.29) is 25.0 Å². The second kappa shape index (κ2) is 9.39. The Kier molecular flexibility index (Phi) is 6.91. The molecule has 25 heavy (non-hydrogen) atoms. The number of carbonyl (C=O) groups excluding carboxylic acids is 1. The van der Waals surface area contributed by atoms with Gasteiger partial charge in [0, 0.05) is 30.6 Å². The molecule has 0 aliphatic carbocycles. The molecular weight excluding hydrogens is 320 g/mol. The molecule has 0 saturated carbocycles. The lowest BCUT2D eigenvalue weighted by Crippen LogP contribution is -2.38. The van der Waals surface area contributed by atoms with Gasteiger partial charge in [0.05, 0.1) is 6.54 Å². The van der Waals surface area contributed by atoms with Gasteiger partial charge in [0.25, 0.3) is 0 Å². The first kappa shape index (κ1) is 18.4. The van der Waals surface area contributed by atoms with Gasteiger partial charge in [-0.15, -0.1) is 0 Å². The average Bonchev–Trinajstić information content (AvgIpc) is 2.64. The van der Waals surface area contributed by atoms with Crippen LogP contribution in [-0.2, 0) is 4.79 Å². The van der Waals surface area contributed by atoms with Crippen molar-refractivity contribution in [2.45, 2.75) is 13.0 Å². The maximum absolute atomic E-state index is 12.2. The first-order chi connectivity index (χ1) is 12.1. The predicted octanol–water partition coefficient (Wildman–Crippen LogP) is 1.36. The lowest BCUT2D eigenvalue weighted by Gasteiger charge is -2.22. The normalized spacial score (nSPS) is 12.1. The predicted molar refractivity (Wildman–Crippen MR) is 95.7 cm³/mol. The third-order valence-corrected chi connectivity index (χ3v) is 3.42. The van der Waals surface area contributed by atoms with Crippen molar-refractivity contribution in [2.75, 3.05) is 25.4 Å². The van der Waals surface area contributed by atoms with Crippen molar-refractivity contribution in [3.8, 4) is 5.75 Å². The van der Waals surface area contributed by atoms with E-state index in [1.54, 1.807) is 6.08 Å². The minimum atomic E-state index is -0.780. The Labute approximate surface area is 146 Å². The molecule has 0 aliphatic heterocycles. The van der Waals surface area contributed by atoms with Crippen LogP contribution in [-0.4, -0.2) is 51.7 Å². The summed E-state index contributed by atoms with van der Waals surface area (Å²) in [5.41, 5.74) is 6.09. The van der Waals surface area contributed by atoms with E-state index in [1.165, 1.54) is 23.4 Å². The molecule has 1 aromatic heterocycles. The number of amides is 1. The third-order valence-electron chi connectivity index (χ3n) is 3.42. The van der Waals surface area contributed by atoms with E-state index in [4.69, 9.17) is 10.5 Å². The molecule has 1 atom stereocenters. The molecule has 132 valence electrons. The quantitative estimate of drug-likeness (QED) is 0.703. The number of aromatic nitrogens is 2. The topological polar surface area (TPSA) is 102 Å². The molecule has 0 radical (unpaired) electrons. The Balaban J connectivity index is 1.85. The number of benzene rings is 1. The van der Waals surface area contributed by atoms with Crippen molar-refractivity contribution in [1.82, 2.24) is 14.9 Å². The molecule has 1 unspecified atom stereocenters. The molecule has 2 aromatic rings. The van der Waals surface area contributed by atoms with Crippen LogP contribution in [0.3, 0.4) is 0 Å². The van der Waals surface area contributed by atoms with Crippen LogP contribution < -0.4 is 10.5 Å². The van der Waals surface area contributed by atoms with Crippen molar-refractivity contribution < 1.29 is 14.6 Å². The second-order valence-electron chi connectivity index (χ2n) is 5.36. The largest absolute Gasteiger partial charge is 0.491 e. The van der Waals surface area contributed by atoms with Crippen LogP contribution in [0, 0.1) is 0 Å². The summed E-state index contributed by atoms with van der Waals surface area (Å²) in [6, 6.07) is 9.23. The monoisotopic (exact) mass is 342 g/mol. The zero-order valence-corrected chi connectivity index (χ0v) is 14.1. The number of ether oxygens (including phenoxy) is 1. The van der Waals surface area contributed by atoms with Gasteiger partial charge in [0.1, 0.15) is 18.5 Å². The molecule has 0 spiro atoms. The molecule has 7 heteroatoms. The maximum atomic E-state index is 12.2. The summed E-state index contributed by atoms with van der Waals surface area (Å²) in [4.78, 5) is 21.5. The molecule has 2 rings (SSSR count). The van der Waals surface area contributed by atoms with Crippen molar-refractivity contribution in [3.63, 3.8) is 0 Å². The van der Waals surface area contributed by atoms with E-state index in [1.807, 2.05) is 37.3 Å². The summed E-state index contributed by atoms with van der Waals surface area (Å²) >= 11 is 0. The smallest absolute Gasteiger partial charge is 0.246 e. The fourth-order valence-corrected chi connectivity index (χ4v) is 2.10. The maximum Gasteiger partial charge on any atom is 0.246 e. The van der Waals surface area contributed by atoms with Crippen LogP contribution in [0.4, 0.5) is 5.95 Å². The van der Waals surface area contributed by atoms with Gasteiger partial charge in [-0.3, -0.25) is 4.79 Å². The molecule has 7 nitrogen and oxygen atoms in total. The Morgan fingerprint density at radius 3 is 2.64 bits per heavy atom. The molecule has 0 aliphatic rings. The second-order valence-corrected chi connectivity index (χ2v) is 5.36. The molecule has 1 amide bonds. The van der Waals surface area contributed by atoms with Crippen molar-refractivity contribution in [1.29, 1.82) is 0 Å². The van der Waals surface area contributed by atoms with E-state index in [0.717, 1.165) is 0 Å². The van der Waals surface area contributed by atoms with Crippen LogP contribution in [0.15, 0.2) is 48.8 Å². The molecule has 3 N–H and O–H groups in total. The first-order valence-corrected chi connectivity index (χ1v) is 7.99. The number of nitrogens with two attached hydrogens (primary N) is 1. The summed E-state index contributed by atoms with van der Waals surface area (Å²) in [6.07, 6.45) is 5.31. The van der Waals surface area contributed by atoms with Gasteiger partial charge in [0.2, 0.25) is 11.9 Å². The van der Waals surface area contributed by atoms with Gasteiger partial charge in [-0.05, 0) is 25.1 Å². The highest BCUT2D eigenvalue weighted by atomic mass is 16.5. The highest BCUT2D eigenvalue weighted by Crippen LogP contribution is 2.09. The van der Waals surface area contributed by atoms with Crippen LogP contribution in [0.1, 0.15) is 12.5 Å². The highest BCUT2D eigenvalue weighted by molar-refractivity contribution is 5.91. The first-order valence-electron chi connectivity index (χ1n) is 7.99. The summed E-state index contributed by atoms with van der Waals surface area (Å²) in [5.74, 6) is 0.650. The van der Waals surface area contributed by atoms with E-state index in [0.29, 0.717) is 17.9 Å². The van der Waals surface area contributed by atoms with Gasteiger partial charge in [-0.2, -0.15) is 0 Å². The fourth-order valence-electron chi connectivity index (χ4n) is 2.10. The van der Waals surface area contributed by atoms with E-state index in [9.17, 15) is 9.90 Å². The molecule has 0 saturated heterocycles. The van der Waals surface area contributed by atoms with Crippen molar-refractivity contribution >= 4 is 17.9 Å². The molecule has 0 bridgehead atoms. The van der Waals surface area contributed by atoms with Crippen LogP contribution in [0.25, 0.3) is 6.08 Å². The van der Waals surface area contributed by atoms with E-state index < -0.39 is 6.10 Å². The van der Waals surface area contributed by atoms with Crippen LogP contribution in [0.2, 0.25) is 0 Å². The number of anilines is 1. The molecule has 0 fully saturated rings. The van der Waals surface area contributed by atoms with Crippen LogP contribution in [0.5, 0.6) is 5.75 Å². The number of hydrogen-bond donors (Lipinski definition) is 2. The average molecular weight is 342 g/mol. The number of para-hydroxylation sites is 1. The van der Waals surface area contributed by atoms with Gasteiger partial charge >= 0.3 is 0 Å². The SMILES string of the molecule is CCN(CC(O)COc1ccccc1)C(=O)C=Cc1cnc(N)nc1. The number of rotatable bonds is 8. The standard InChI is InChI=1S/C18H22N4O3/c1-2-22(12-15(23)13-25-16-6-4-3-5-7-16)17(24)9-8-14-10-20-18(19)21-11-14/h3-11,15,23H,2,12-13H2,1H3,(H2,19,20,21). The molecule has 1 aromatic carbocycles. The summed E-state index contributed by atoms with van der Waals surface area (Å²) < 4.78 is 5.50. The Morgan fingerprint density at radius 1 is 1.32 bits per heavy atom.